The van der Waals surface area contributed by atoms with E-state index in [4.69, 9.17) is 0 Å². The number of benzene rings is 2. The maximum absolute atomic E-state index is 12.2. The van der Waals surface area contributed by atoms with Crippen molar-refractivity contribution in [3.63, 3.8) is 0 Å². The van der Waals surface area contributed by atoms with Crippen LogP contribution in [0.1, 0.15) is 30.9 Å². The Kier molecular flexibility index (Phi) is 6.40. The number of nitro groups is 1. The molecule has 0 amide bonds. The van der Waals surface area contributed by atoms with Gasteiger partial charge in [-0.15, -0.1) is 0 Å². The Morgan fingerprint density at radius 3 is 2.03 bits per heavy atom. The third-order valence-electron chi connectivity index (χ3n) is 5.78. The molecule has 1 fully saturated rings. The number of piperidine rings is 1. The fourth-order valence-corrected chi connectivity index (χ4v) is 4.02. The summed E-state index contributed by atoms with van der Waals surface area (Å²) in [7, 11) is 0. The predicted molar refractivity (Wildman–Crippen MR) is 122 cm³/mol. The molecule has 0 bridgehead atoms. The highest BCUT2D eigenvalue weighted by atomic mass is 16.6. The normalized spacial score (nSPS) is 14.4. The first-order valence-corrected chi connectivity index (χ1v) is 10.7. The van der Waals surface area contributed by atoms with Crippen molar-refractivity contribution in [1.29, 1.82) is 0 Å². The second-order valence-electron chi connectivity index (χ2n) is 8.12. The van der Waals surface area contributed by atoms with Gasteiger partial charge in [-0.2, -0.15) is 0 Å². The smallest absolute Gasteiger partial charge is 0.351 e. The molecule has 0 saturated carbocycles. The molecule has 31 heavy (non-hydrogen) atoms. The molecule has 0 unspecified atom stereocenters. The molecule has 1 aliphatic heterocycles. The Morgan fingerprint density at radius 2 is 1.52 bits per heavy atom. The van der Waals surface area contributed by atoms with Gasteiger partial charge in [0.05, 0.1) is 4.92 Å². The lowest BCUT2D eigenvalue weighted by Crippen LogP contribution is -2.34. The predicted octanol–water partition coefficient (Wildman–Crippen LogP) is 4.83. The van der Waals surface area contributed by atoms with Gasteiger partial charge in [0.15, 0.2) is 0 Å². The van der Waals surface area contributed by atoms with E-state index in [9.17, 15) is 10.1 Å². The van der Waals surface area contributed by atoms with E-state index in [0.717, 1.165) is 37.1 Å². The van der Waals surface area contributed by atoms with Crippen LogP contribution in [0.15, 0.2) is 67.0 Å². The summed E-state index contributed by atoms with van der Waals surface area (Å²) in [5, 5.41) is 12.2. The van der Waals surface area contributed by atoms with E-state index in [0.29, 0.717) is 30.6 Å². The number of rotatable bonds is 7. The van der Waals surface area contributed by atoms with E-state index >= 15 is 0 Å². The van der Waals surface area contributed by atoms with E-state index in [1.807, 2.05) is 70.5 Å². The molecule has 7 heteroatoms. The average molecular weight is 418 g/mol. The summed E-state index contributed by atoms with van der Waals surface area (Å²) >= 11 is 0. The maximum Gasteiger partial charge on any atom is 0.353 e. The van der Waals surface area contributed by atoms with E-state index in [1.165, 1.54) is 6.33 Å². The fourth-order valence-electron chi connectivity index (χ4n) is 4.02. The molecule has 0 radical (unpaired) electrons. The largest absolute Gasteiger partial charge is 0.353 e. The Balaban J connectivity index is 1.74. The topological polar surface area (TPSA) is 75.4 Å². The van der Waals surface area contributed by atoms with Crippen LogP contribution in [0.3, 0.4) is 0 Å². The van der Waals surface area contributed by atoms with Gasteiger partial charge in [-0.05, 0) is 29.9 Å². The van der Waals surface area contributed by atoms with Crippen LogP contribution in [0.25, 0.3) is 0 Å². The zero-order valence-electron chi connectivity index (χ0n) is 17.7. The van der Waals surface area contributed by atoms with Crippen molar-refractivity contribution in [1.82, 2.24) is 9.97 Å². The molecular formula is C24H27N5O2. The van der Waals surface area contributed by atoms with Crippen molar-refractivity contribution in [3.05, 3.63) is 88.2 Å². The fraction of sp³-hybridized carbons (Fsp3) is 0.333. The molecule has 2 aromatic carbocycles. The lowest BCUT2D eigenvalue weighted by atomic mass is 9.99. The first-order valence-electron chi connectivity index (χ1n) is 10.7. The Bertz CT molecular complexity index is 963. The van der Waals surface area contributed by atoms with Crippen LogP contribution in [-0.2, 0) is 13.1 Å². The first kappa shape index (κ1) is 20.8. The van der Waals surface area contributed by atoms with Gasteiger partial charge >= 0.3 is 5.69 Å². The lowest BCUT2D eigenvalue weighted by Gasteiger charge is -2.31. The minimum absolute atomic E-state index is 0.0103. The summed E-state index contributed by atoms with van der Waals surface area (Å²) in [6.07, 6.45) is 3.47. The summed E-state index contributed by atoms with van der Waals surface area (Å²) in [6.45, 7) is 4.80. The number of nitrogens with zero attached hydrogens (tertiary/aromatic N) is 5. The van der Waals surface area contributed by atoms with Gasteiger partial charge in [-0.3, -0.25) is 10.1 Å². The van der Waals surface area contributed by atoms with Crippen molar-refractivity contribution >= 4 is 17.3 Å². The monoisotopic (exact) mass is 417 g/mol. The average Bonchev–Trinajstić information content (AvgIpc) is 2.80. The van der Waals surface area contributed by atoms with Crippen molar-refractivity contribution in [2.24, 2.45) is 5.92 Å². The molecule has 1 saturated heterocycles. The minimum Gasteiger partial charge on any atom is -0.351 e. The molecule has 0 spiro atoms. The van der Waals surface area contributed by atoms with Crippen LogP contribution in [-0.4, -0.2) is 28.0 Å². The molecule has 0 atom stereocenters. The molecule has 1 aromatic heterocycles. The summed E-state index contributed by atoms with van der Waals surface area (Å²) in [5.74, 6) is 1.42. The molecule has 0 N–H and O–H groups in total. The molecule has 7 nitrogen and oxygen atoms in total. The summed E-state index contributed by atoms with van der Waals surface area (Å²) < 4.78 is 0. The molecule has 3 aromatic rings. The van der Waals surface area contributed by atoms with Crippen LogP contribution < -0.4 is 9.80 Å². The van der Waals surface area contributed by atoms with Gasteiger partial charge < -0.3 is 9.80 Å². The third-order valence-corrected chi connectivity index (χ3v) is 5.78. The molecule has 1 aliphatic rings. The molecular weight excluding hydrogens is 390 g/mol. The number of hydrogen-bond donors (Lipinski definition) is 0. The van der Waals surface area contributed by atoms with Crippen LogP contribution in [0.5, 0.6) is 0 Å². The summed E-state index contributed by atoms with van der Waals surface area (Å²) in [5.41, 5.74) is 2.13. The zero-order valence-corrected chi connectivity index (χ0v) is 17.7. The quantitative estimate of drug-likeness (QED) is 0.405. The van der Waals surface area contributed by atoms with E-state index in [1.54, 1.807) is 0 Å². The number of hydrogen-bond acceptors (Lipinski definition) is 6. The Labute approximate surface area is 182 Å². The Morgan fingerprint density at radius 1 is 0.968 bits per heavy atom. The highest BCUT2D eigenvalue weighted by Crippen LogP contribution is 2.37. The molecule has 0 aliphatic carbocycles. The first-order chi connectivity index (χ1) is 15.1. The van der Waals surface area contributed by atoms with Crippen LogP contribution in [0, 0.1) is 16.0 Å². The third kappa shape index (κ3) is 4.99. The van der Waals surface area contributed by atoms with Gasteiger partial charge in [-0.1, -0.05) is 67.6 Å². The van der Waals surface area contributed by atoms with Crippen LogP contribution in [0.4, 0.5) is 17.3 Å². The lowest BCUT2D eigenvalue weighted by molar-refractivity contribution is -0.383. The van der Waals surface area contributed by atoms with Crippen LogP contribution >= 0.6 is 0 Å². The van der Waals surface area contributed by atoms with Gasteiger partial charge in [-0.25, -0.2) is 9.97 Å². The SMILES string of the molecule is CC1CCN(c2ncnc(N(Cc3ccccc3)Cc3ccccc3)c2[N+](=O)[O-])CC1. The van der Waals surface area contributed by atoms with E-state index in [2.05, 4.69) is 16.9 Å². The van der Waals surface area contributed by atoms with Crippen LogP contribution in [0.2, 0.25) is 0 Å². The molecule has 2 heterocycles. The van der Waals surface area contributed by atoms with Crippen molar-refractivity contribution < 1.29 is 4.92 Å². The van der Waals surface area contributed by atoms with Gasteiger partial charge in [0.25, 0.3) is 0 Å². The maximum atomic E-state index is 12.2. The number of aromatic nitrogens is 2. The van der Waals surface area contributed by atoms with Gasteiger partial charge in [0.1, 0.15) is 6.33 Å². The number of anilines is 2. The van der Waals surface area contributed by atoms with Crippen molar-refractivity contribution in [3.8, 4) is 0 Å². The van der Waals surface area contributed by atoms with E-state index in [-0.39, 0.29) is 10.6 Å². The van der Waals surface area contributed by atoms with E-state index < -0.39 is 0 Å². The highest BCUT2D eigenvalue weighted by Gasteiger charge is 2.31. The van der Waals surface area contributed by atoms with Crippen molar-refractivity contribution in [2.45, 2.75) is 32.9 Å². The second kappa shape index (κ2) is 9.55. The van der Waals surface area contributed by atoms with Gasteiger partial charge in [0, 0.05) is 26.2 Å². The Hall–Kier alpha value is -3.48. The zero-order chi connectivity index (χ0) is 21.6. The highest BCUT2D eigenvalue weighted by molar-refractivity contribution is 5.71. The standard InChI is InChI=1S/C24H27N5O2/c1-19-12-14-27(15-13-19)23-22(29(30)31)24(26-18-25-23)28(16-20-8-4-2-5-9-20)17-21-10-6-3-7-11-21/h2-11,18-19H,12-17H2,1H3. The van der Waals surface area contributed by atoms with Gasteiger partial charge in [0.2, 0.25) is 11.6 Å². The molecule has 160 valence electrons. The van der Waals surface area contributed by atoms with Crippen molar-refractivity contribution in [2.75, 3.05) is 22.9 Å². The molecule has 4 rings (SSSR count). The summed E-state index contributed by atoms with van der Waals surface area (Å²) in [4.78, 5) is 24.7. The second-order valence-corrected chi connectivity index (χ2v) is 8.12. The minimum atomic E-state index is -0.328. The summed E-state index contributed by atoms with van der Waals surface area (Å²) in [6, 6.07) is 19.9.